The molecule has 8 heteroatoms. The lowest BCUT2D eigenvalue weighted by Crippen LogP contribution is -2.45. The summed E-state index contributed by atoms with van der Waals surface area (Å²) in [6.45, 7) is 5.88. The van der Waals surface area contributed by atoms with Gasteiger partial charge < -0.3 is 16.0 Å². The quantitative estimate of drug-likeness (QED) is 0.248. The van der Waals surface area contributed by atoms with Crippen LogP contribution in [0.3, 0.4) is 0 Å². The summed E-state index contributed by atoms with van der Waals surface area (Å²) < 4.78 is 0. The Morgan fingerprint density at radius 2 is 1.68 bits per heavy atom. The molecule has 0 aliphatic carbocycles. The summed E-state index contributed by atoms with van der Waals surface area (Å²) in [6.07, 6.45) is 3.58. The summed E-state index contributed by atoms with van der Waals surface area (Å²) in [5.41, 5.74) is 7.91. The molecule has 2 aromatic heterocycles. The maximum Gasteiger partial charge on any atom is 0.0995 e. The van der Waals surface area contributed by atoms with Crippen molar-refractivity contribution < 1.29 is 0 Å². The van der Waals surface area contributed by atoms with Gasteiger partial charge in [0.05, 0.1) is 45.3 Å². The van der Waals surface area contributed by atoms with Gasteiger partial charge in [0, 0.05) is 61.6 Å². The smallest absolute Gasteiger partial charge is 0.0995 e. The van der Waals surface area contributed by atoms with Gasteiger partial charge in [0.25, 0.3) is 0 Å². The summed E-state index contributed by atoms with van der Waals surface area (Å²) in [4.78, 5) is 16.8. The Balaban J connectivity index is 1.53. The van der Waals surface area contributed by atoms with E-state index in [-0.39, 0.29) is 0 Å². The first-order valence-corrected chi connectivity index (χ1v) is 13.0. The maximum absolute atomic E-state index is 6.80. The van der Waals surface area contributed by atoms with E-state index in [0.29, 0.717) is 5.02 Å². The number of hydrogen-bond acceptors (Lipinski definition) is 7. The molecule has 3 aromatic carbocycles. The molecule has 0 amide bonds. The van der Waals surface area contributed by atoms with Crippen LogP contribution in [0.4, 0.5) is 17.1 Å². The van der Waals surface area contributed by atoms with Crippen molar-refractivity contribution in [1.82, 2.24) is 25.2 Å². The maximum atomic E-state index is 6.80. The van der Waals surface area contributed by atoms with Crippen molar-refractivity contribution >= 4 is 50.7 Å². The van der Waals surface area contributed by atoms with Gasteiger partial charge in [-0.3, -0.25) is 9.88 Å². The number of para-hydroxylation sites is 2. The predicted octanol–water partition coefficient (Wildman–Crippen LogP) is 5.56. The van der Waals surface area contributed by atoms with E-state index in [0.717, 1.165) is 89.5 Å². The number of nitrogens with zero attached hydrogens (tertiary/aromatic N) is 4. The Morgan fingerprint density at radius 1 is 0.892 bits per heavy atom. The van der Waals surface area contributed by atoms with Crippen molar-refractivity contribution in [3.8, 4) is 11.1 Å². The van der Waals surface area contributed by atoms with E-state index in [1.54, 1.807) is 6.20 Å². The summed E-state index contributed by atoms with van der Waals surface area (Å²) in [5.74, 6) is 0. The number of halogens is 1. The largest absolute Gasteiger partial charge is 0.382 e. The fourth-order valence-corrected chi connectivity index (χ4v) is 5.06. The number of aromatic nitrogens is 3. The highest BCUT2D eigenvalue weighted by Crippen LogP contribution is 2.43. The van der Waals surface area contributed by atoms with Crippen LogP contribution in [0.1, 0.15) is 0 Å². The van der Waals surface area contributed by atoms with Crippen molar-refractivity contribution in [2.75, 3.05) is 49.9 Å². The Hall–Kier alpha value is -3.78. The van der Waals surface area contributed by atoms with Crippen LogP contribution in [0.2, 0.25) is 5.02 Å². The molecule has 7 nitrogen and oxygen atoms in total. The van der Waals surface area contributed by atoms with Crippen molar-refractivity contribution in [2.24, 2.45) is 0 Å². The molecule has 5 aromatic rings. The molecular formula is C29H28ClN7. The molecule has 1 saturated heterocycles. The SMILES string of the molecule is Clc1ccccc1-c1c(NCCN2CCNCC2)c(Nc2cccnc2)cc2nc3ccccc3nc12. The average Bonchev–Trinajstić information content (AvgIpc) is 2.94. The normalized spacial score (nSPS) is 14.2. The van der Waals surface area contributed by atoms with E-state index < -0.39 is 0 Å². The summed E-state index contributed by atoms with van der Waals surface area (Å²) in [5, 5.41) is 11.4. The number of anilines is 3. The molecule has 0 saturated carbocycles. The molecule has 1 aliphatic heterocycles. The molecule has 0 unspecified atom stereocenters. The highest BCUT2D eigenvalue weighted by Gasteiger charge is 2.20. The van der Waals surface area contributed by atoms with E-state index in [9.17, 15) is 0 Å². The highest BCUT2D eigenvalue weighted by molar-refractivity contribution is 6.34. The molecule has 37 heavy (non-hydrogen) atoms. The second kappa shape index (κ2) is 10.7. The van der Waals surface area contributed by atoms with Crippen molar-refractivity contribution in [1.29, 1.82) is 0 Å². The van der Waals surface area contributed by atoms with Crippen LogP contribution in [0.15, 0.2) is 79.1 Å². The second-order valence-corrected chi connectivity index (χ2v) is 9.53. The van der Waals surface area contributed by atoms with Gasteiger partial charge in [-0.1, -0.05) is 41.9 Å². The Morgan fingerprint density at radius 3 is 2.46 bits per heavy atom. The van der Waals surface area contributed by atoms with Crippen molar-refractivity contribution in [3.63, 3.8) is 0 Å². The number of pyridine rings is 1. The van der Waals surface area contributed by atoms with Gasteiger partial charge in [-0.2, -0.15) is 0 Å². The number of fused-ring (bicyclic) bond motifs is 2. The highest BCUT2D eigenvalue weighted by atomic mass is 35.5. The molecule has 1 fully saturated rings. The van der Waals surface area contributed by atoms with Crippen LogP contribution >= 0.6 is 11.6 Å². The minimum atomic E-state index is 0.669. The van der Waals surface area contributed by atoms with Crippen LogP contribution in [-0.4, -0.2) is 59.1 Å². The zero-order chi connectivity index (χ0) is 25.0. The van der Waals surface area contributed by atoms with Gasteiger partial charge in [-0.05, 0) is 36.4 Å². The first-order chi connectivity index (χ1) is 18.3. The number of piperazine rings is 1. The van der Waals surface area contributed by atoms with Crippen LogP contribution < -0.4 is 16.0 Å². The number of rotatable bonds is 7. The van der Waals surface area contributed by atoms with Gasteiger partial charge >= 0.3 is 0 Å². The van der Waals surface area contributed by atoms with Gasteiger partial charge in [0.2, 0.25) is 0 Å². The van der Waals surface area contributed by atoms with Crippen molar-refractivity contribution in [2.45, 2.75) is 0 Å². The fraction of sp³-hybridized carbons (Fsp3) is 0.207. The third-order valence-electron chi connectivity index (χ3n) is 6.66. The van der Waals surface area contributed by atoms with Crippen LogP contribution in [0.5, 0.6) is 0 Å². The molecule has 0 atom stereocenters. The van der Waals surface area contributed by atoms with E-state index in [1.165, 1.54) is 0 Å². The summed E-state index contributed by atoms with van der Waals surface area (Å²) in [6, 6.07) is 21.9. The molecule has 3 heterocycles. The monoisotopic (exact) mass is 509 g/mol. The lowest BCUT2D eigenvalue weighted by atomic mass is 9.99. The van der Waals surface area contributed by atoms with E-state index in [2.05, 4.69) is 31.9 Å². The van der Waals surface area contributed by atoms with Gasteiger partial charge in [0.15, 0.2) is 0 Å². The molecule has 0 spiro atoms. The van der Waals surface area contributed by atoms with Crippen LogP contribution in [0, 0.1) is 0 Å². The molecule has 0 bridgehead atoms. The number of benzene rings is 3. The molecule has 0 radical (unpaired) electrons. The average molecular weight is 510 g/mol. The molecule has 6 rings (SSSR count). The van der Waals surface area contributed by atoms with Crippen LogP contribution in [0.25, 0.3) is 33.2 Å². The Labute approximate surface area is 220 Å². The first kappa shape index (κ1) is 23.6. The summed E-state index contributed by atoms with van der Waals surface area (Å²) in [7, 11) is 0. The van der Waals surface area contributed by atoms with Gasteiger partial charge in [-0.15, -0.1) is 0 Å². The van der Waals surface area contributed by atoms with Crippen LogP contribution in [-0.2, 0) is 0 Å². The molecule has 1 aliphatic rings. The lowest BCUT2D eigenvalue weighted by molar-refractivity contribution is 0.249. The topological polar surface area (TPSA) is 78.0 Å². The number of hydrogen-bond donors (Lipinski definition) is 3. The number of nitrogens with one attached hydrogen (secondary N) is 3. The molecule has 186 valence electrons. The van der Waals surface area contributed by atoms with Crippen molar-refractivity contribution in [3.05, 3.63) is 84.1 Å². The Kier molecular flexibility index (Phi) is 6.82. The Bertz CT molecular complexity index is 1530. The minimum Gasteiger partial charge on any atom is -0.382 e. The van der Waals surface area contributed by atoms with E-state index >= 15 is 0 Å². The second-order valence-electron chi connectivity index (χ2n) is 9.12. The zero-order valence-corrected chi connectivity index (χ0v) is 21.2. The molecular weight excluding hydrogens is 482 g/mol. The van der Waals surface area contributed by atoms with E-state index in [4.69, 9.17) is 21.6 Å². The standard InChI is InChI=1S/C29H28ClN7/c30-22-8-2-1-7-21(22)27-28(33-14-17-37-15-12-31-13-16-37)25(34-20-6-5-11-32-19-20)18-26-29(27)36-24-10-4-3-9-23(24)35-26/h1-11,18-19,31,33-34H,12-17H2. The van der Waals surface area contributed by atoms with E-state index in [1.807, 2.05) is 66.9 Å². The third-order valence-corrected chi connectivity index (χ3v) is 6.99. The predicted molar refractivity (Wildman–Crippen MR) is 153 cm³/mol. The lowest BCUT2D eigenvalue weighted by Gasteiger charge is -2.28. The first-order valence-electron chi connectivity index (χ1n) is 12.6. The van der Waals surface area contributed by atoms with Gasteiger partial charge in [-0.25, -0.2) is 9.97 Å². The summed E-state index contributed by atoms with van der Waals surface area (Å²) >= 11 is 6.80. The zero-order valence-electron chi connectivity index (χ0n) is 20.4. The third kappa shape index (κ3) is 5.06. The molecule has 3 N–H and O–H groups in total. The van der Waals surface area contributed by atoms with Gasteiger partial charge in [0.1, 0.15) is 0 Å². The minimum absolute atomic E-state index is 0.669. The fourth-order valence-electron chi connectivity index (χ4n) is 4.83.